The maximum Gasteiger partial charge on any atom is 0.0445 e. The lowest BCUT2D eigenvalue weighted by atomic mass is 10.0. The van der Waals surface area contributed by atoms with Crippen LogP contribution >= 0.6 is 0 Å². The molecule has 2 unspecified atom stereocenters. The van der Waals surface area contributed by atoms with Crippen LogP contribution in [0.3, 0.4) is 0 Å². The molecule has 0 fully saturated rings. The SMILES string of the molecule is CC(N)CCCCCC(N)CCO. The van der Waals surface area contributed by atoms with Crippen molar-refractivity contribution >= 4 is 0 Å². The Morgan fingerprint density at radius 1 is 1.00 bits per heavy atom. The maximum absolute atomic E-state index is 8.62. The molecule has 0 saturated heterocycles. The third-order valence-electron chi connectivity index (χ3n) is 2.23. The molecule has 2 atom stereocenters. The van der Waals surface area contributed by atoms with Gasteiger partial charge in [-0.05, 0) is 26.2 Å². The lowest BCUT2D eigenvalue weighted by Crippen LogP contribution is -2.21. The van der Waals surface area contributed by atoms with Gasteiger partial charge in [0.1, 0.15) is 0 Å². The lowest BCUT2D eigenvalue weighted by molar-refractivity contribution is 0.271. The second-order valence-electron chi connectivity index (χ2n) is 3.89. The summed E-state index contributed by atoms with van der Waals surface area (Å²) in [4.78, 5) is 0. The van der Waals surface area contributed by atoms with Gasteiger partial charge in [-0.1, -0.05) is 19.3 Å². The van der Waals surface area contributed by atoms with Crippen molar-refractivity contribution < 1.29 is 5.11 Å². The Morgan fingerprint density at radius 3 is 2.15 bits per heavy atom. The molecular formula is C10H24N2O. The van der Waals surface area contributed by atoms with Crippen LogP contribution in [0.1, 0.15) is 45.4 Å². The minimum absolute atomic E-state index is 0.181. The molecule has 13 heavy (non-hydrogen) atoms. The predicted molar refractivity (Wildman–Crippen MR) is 56.4 cm³/mol. The van der Waals surface area contributed by atoms with E-state index in [2.05, 4.69) is 0 Å². The van der Waals surface area contributed by atoms with Gasteiger partial charge in [-0.3, -0.25) is 0 Å². The molecule has 0 aliphatic rings. The van der Waals surface area contributed by atoms with Crippen molar-refractivity contribution in [1.29, 1.82) is 0 Å². The van der Waals surface area contributed by atoms with Gasteiger partial charge in [-0.2, -0.15) is 0 Å². The second kappa shape index (κ2) is 8.48. The number of unbranched alkanes of at least 4 members (excludes halogenated alkanes) is 2. The van der Waals surface area contributed by atoms with Crippen LogP contribution in [0.5, 0.6) is 0 Å². The first-order valence-electron chi connectivity index (χ1n) is 5.28. The fourth-order valence-electron chi connectivity index (χ4n) is 1.36. The van der Waals surface area contributed by atoms with Gasteiger partial charge in [0.25, 0.3) is 0 Å². The van der Waals surface area contributed by atoms with Crippen LogP contribution in [-0.4, -0.2) is 23.8 Å². The minimum atomic E-state index is 0.181. The van der Waals surface area contributed by atoms with E-state index >= 15 is 0 Å². The summed E-state index contributed by atoms with van der Waals surface area (Å²) in [5.74, 6) is 0. The summed E-state index contributed by atoms with van der Waals surface area (Å²) in [6.45, 7) is 2.25. The van der Waals surface area contributed by atoms with Crippen molar-refractivity contribution in [2.24, 2.45) is 11.5 Å². The summed E-state index contributed by atoms with van der Waals surface area (Å²) >= 11 is 0. The largest absolute Gasteiger partial charge is 0.396 e. The van der Waals surface area contributed by atoms with E-state index in [-0.39, 0.29) is 12.6 Å². The van der Waals surface area contributed by atoms with Gasteiger partial charge in [0.15, 0.2) is 0 Å². The fourth-order valence-corrected chi connectivity index (χ4v) is 1.36. The average molecular weight is 188 g/mol. The molecule has 0 spiro atoms. The maximum atomic E-state index is 8.62. The number of aliphatic hydroxyl groups is 1. The van der Waals surface area contributed by atoms with E-state index in [0.29, 0.717) is 6.04 Å². The topological polar surface area (TPSA) is 72.3 Å². The summed E-state index contributed by atoms with van der Waals surface area (Å²) in [5.41, 5.74) is 11.4. The molecule has 3 nitrogen and oxygen atoms in total. The average Bonchev–Trinajstić information content (AvgIpc) is 2.03. The van der Waals surface area contributed by atoms with Gasteiger partial charge in [-0.15, -0.1) is 0 Å². The van der Waals surface area contributed by atoms with Crippen molar-refractivity contribution in [3.05, 3.63) is 0 Å². The zero-order valence-corrected chi connectivity index (χ0v) is 8.71. The van der Waals surface area contributed by atoms with Gasteiger partial charge in [0.05, 0.1) is 0 Å². The molecule has 0 rings (SSSR count). The second-order valence-corrected chi connectivity index (χ2v) is 3.89. The highest BCUT2D eigenvalue weighted by Crippen LogP contribution is 2.07. The Balaban J connectivity index is 3.06. The van der Waals surface area contributed by atoms with Crippen LogP contribution in [-0.2, 0) is 0 Å². The molecule has 0 heterocycles. The van der Waals surface area contributed by atoms with Gasteiger partial charge < -0.3 is 16.6 Å². The van der Waals surface area contributed by atoms with E-state index in [1.165, 1.54) is 12.8 Å². The summed E-state index contributed by atoms with van der Waals surface area (Å²) in [6.07, 6.45) is 6.43. The third kappa shape index (κ3) is 9.80. The van der Waals surface area contributed by atoms with Crippen molar-refractivity contribution in [2.75, 3.05) is 6.61 Å². The Bertz CT molecular complexity index is 107. The first kappa shape index (κ1) is 12.9. The quantitative estimate of drug-likeness (QED) is 0.497. The molecule has 0 amide bonds. The fraction of sp³-hybridized carbons (Fsp3) is 1.00. The Hall–Kier alpha value is -0.120. The van der Waals surface area contributed by atoms with Crippen LogP contribution < -0.4 is 11.5 Å². The van der Waals surface area contributed by atoms with Crippen LogP contribution in [0.4, 0.5) is 0 Å². The molecule has 0 aromatic rings. The highest BCUT2D eigenvalue weighted by Gasteiger charge is 2.01. The third-order valence-corrected chi connectivity index (χ3v) is 2.23. The standard InChI is InChI=1S/C10H24N2O/c1-9(11)5-3-2-4-6-10(12)7-8-13/h9-10,13H,2-8,11-12H2,1H3. The molecule has 0 saturated carbocycles. The van der Waals surface area contributed by atoms with E-state index < -0.39 is 0 Å². The molecule has 0 bridgehead atoms. The zero-order chi connectivity index (χ0) is 10.1. The van der Waals surface area contributed by atoms with Crippen LogP contribution in [0, 0.1) is 0 Å². The number of rotatable bonds is 8. The van der Waals surface area contributed by atoms with Crippen molar-refractivity contribution in [1.82, 2.24) is 0 Å². The monoisotopic (exact) mass is 188 g/mol. The summed E-state index contributed by atoms with van der Waals surface area (Å²) in [5, 5.41) is 8.62. The van der Waals surface area contributed by atoms with E-state index in [0.717, 1.165) is 25.7 Å². The number of hydrogen-bond donors (Lipinski definition) is 3. The zero-order valence-electron chi connectivity index (χ0n) is 8.71. The molecule has 0 aromatic carbocycles. The van der Waals surface area contributed by atoms with E-state index in [1.807, 2.05) is 6.92 Å². The van der Waals surface area contributed by atoms with E-state index in [1.54, 1.807) is 0 Å². The minimum Gasteiger partial charge on any atom is -0.396 e. The van der Waals surface area contributed by atoms with Crippen molar-refractivity contribution in [3.63, 3.8) is 0 Å². The van der Waals surface area contributed by atoms with Crippen molar-refractivity contribution in [3.8, 4) is 0 Å². The first-order chi connectivity index (χ1) is 6.16. The Labute approximate surface area is 81.5 Å². The summed E-state index contributed by atoms with van der Waals surface area (Å²) < 4.78 is 0. The number of aliphatic hydroxyl groups excluding tert-OH is 1. The summed E-state index contributed by atoms with van der Waals surface area (Å²) in [7, 11) is 0. The normalized spacial score (nSPS) is 15.7. The molecule has 0 aliphatic carbocycles. The van der Waals surface area contributed by atoms with Crippen LogP contribution in [0.2, 0.25) is 0 Å². The van der Waals surface area contributed by atoms with Crippen molar-refractivity contribution in [2.45, 2.75) is 57.5 Å². The molecule has 0 aliphatic heterocycles. The van der Waals surface area contributed by atoms with Gasteiger partial charge in [0.2, 0.25) is 0 Å². The highest BCUT2D eigenvalue weighted by molar-refractivity contribution is 4.61. The first-order valence-corrected chi connectivity index (χ1v) is 5.28. The predicted octanol–water partition coefficient (Wildman–Crippen LogP) is 0.994. The molecule has 0 radical (unpaired) electrons. The number of nitrogens with two attached hydrogens (primary N) is 2. The highest BCUT2D eigenvalue weighted by atomic mass is 16.3. The summed E-state index contributed by atoms with van der Waals surface area (Å²) in [6, 6.07) is 0.506. The molecule has 0 aromatic heterocycles. The smallest absolute Gasteiger partial charge is 0.0445 e. The van der Waals surface area contributed by atoms with Gasteiger partial charge in [0, 0.05) is 18.7 Å². The van der Waals surface area contributed by atoms with Gasteiger partial charge in [-0.25, -0.2) is 0 Å². The Kier molecular flexibility index (Phi) is 8.40. The number of hydrogen-bond acceptors (Lipinski definition) is 3. The van der Waals surface area contributed by atoms with Crippen LogP contribution in [0.25, 0.3) is 0 Å². The lowest BCUT2D eigenvalue weighted by Gasteiger charge is -2.09. The van der Waals surface area contributed by atoms with E-state index in [9.17, 15) is 0 Å². The molecule has 80 valence electrons. The molecule has 5 N–H and O–H groups in total. The Morgan fingerprint density at radius 2 is 1.62 bits per heavy atom. The molecule has 3 heteroatoms. The van der Waals surface area contributed by atoms with Crippen LogP contribution in [0.15, 0.2) is 0 Å². The van der Waals surface area contributed by atoms with Gasteiger partial charge >= 0.3 is 0 Å². The molecular weight excluding hydrogens is 164 g/mol. The van der Waals surface area contributed by atoms with E-state index in [4.69, 9.17) is 16.6 Å².